The maximum Gasteiger partial charge on any atom is 0.335 e. The van der Waals surface area contributed by atoms with E-state index in [1.807, 2.05) is 55.6 Å². The van der Waals surface area contributed by atoms with E-state index in [1.54, 1.807) is 31.4 Å². The fourth-order valence-electron chi connectivity index (χ4n) is 3.50. The number of carboxylic acid groups (broad SMARTS) is 1. The summed E-state index contributed by atoms with van der Waals surface area (Å²) in [7, 11) is 3.67. The van der Waals surface area contributed by atoms with Gasteiger partial charge in [-0.2, -0.15) is 0 Å². The van der Waals surface area contributed by atoms with E-state index >= 15 is 0 Å². The Morgan fingerprint density at radius 3 is 2.35 bits per heavy atom. The second-order valence-electron chi connectivity index (χ2n) is 7.27. The SMILES string of the molecule is COc1cccc(-c2cc(CN(C)c3ccccc3)c(-c3ccc(C(=O)O)cc3)o2)c1. The van der Waals surface area contributed by atoms with Gasteiger partial charge in [-0.05, 0) is 42.5 Å². The standard InChI is InChI=1S/C26H23NO4/c1-27(22-8-4-3-5-9-22)17-21-16-24(20-7-6-10-23(15-20)30-2)31-25(21)18-11-13-19(14-12-18)26(28)29/h3-16H,17H2,1-2H3,(H,28,29). The zero-order valence-corrected chi connectivity index (χ0v) is 17.4. The predicted molar refractivity (Wildman–Crippen MR) is 122 cm³/mol. The summed E-state index contributed by atoms with van der Waals surface area (Å²) >= 11 is 0. The lowest BCUT2D eigenvalue weighted by Gasteiger charge is -2.19. The Hall–Kier alpha value is -3.99. The van der Waals surface area contributed by atoms with Gasteiger partial charge in [-0.25, -0.2) is 4.79 Å². The van der Waals surface area contributed by atoms with Crippen LogP contribution in [0.3, 0.4) is 0 Å². The first kappa shape index (κ1) is 20.3. The van der Waals surface area contributed by atoms with E-state index < -0.39 is 5.97 Å². The van der Waals surface area contributed by atoms with Crippen LogP contribution in [-0.2, 0) is 6.54 Å². The summed E-state index contributed by atoms with van der Waals surface area (Å²) < 4.78 is 11.6. The Morgan fingerprint density at radius 2 is 1.68 bits per heavy atom. The summed E-state index contributed by atoms with van der Waals surface area (Å²) in [6.45, 7) is 0.632. The van der Waals surface area contributed by atoms with Crippen molar-refractivity contribution >= 4 is 11.7 Å². The third-order valence-electron chi connectivity index (χ3n) is 5.16. The smallest absolute Gasteiger partial charge is 0.335 e. The van der Waals surface area contributed by atoms with Gasteiger partial charge in [0.2, 0.25) is 0 Å². The quantitative estimate of drug-likeness (QED) is 0.405. The third kappa shape index (κ3) is 4.46. The van der Waals surface area contributed by atoms with Crippen molar-refractivity contribution in [2.24, 2.45) is 0 Å². The molecule has 5 nitrogen and oxygen atoms in total. The zero-order valence-electron chi connectivity index (χ0n) is 17.4. The van der Waals surface area contributed by atoms with Crippen LogP contribution in [0.25, 0.3) is 22.6 Å². The van der Waals surface area contributed by atoms with Gasteiger partial charge in [-0.15, -0.1) is 0 Å². The minimum Gasteiger partial charge on any atom is -0.497 e. The number of hydrogen-bond acceptors (Lipinski definition) is 4. The molecule has 0 bridgehead atoms. The van der Waals surface area contributed by atoms with Crippen LogP contribution in [0.5, 0.6) is 5.75 Å². The molecular formula is C26H23NO4. The van der Waals surface area contributed by atoms with Gasteiger partial charge in [0.05, 0.1) is 12.7 Å². The van der Waals surface area contributed by atoms with Crippen molar-refractivity contribution in [3.63, 3.8) is 0 Å². The molecule has 0 saturated heterocycles. The summed E-state index contributed by atoms with van der Waals surface area (Å²) in [6, 6.07) is 26.6. The average molecular weight is 413 g/mol. The number of hydrogen-bond donors (Lipinski definition) is 1. The highest BCUT2D eigenvalue weighted by Gasteiger charge is 2.17. The summed E-state index contributed by atoms with van der Waals surface area (Å²) in [4.78, 5) is 13.4. The average Bonchev–Trinajstić information content (AvgIpc) is 3.23. The fraction of sp³-hybridized carbons (Fsp3) is 0.115. The second-order valence-corrected chi connectivity index (χ2v) is 7.27. The number of carboxylic acids is 1. The van der Waals surface area contributed by atoms with Crippen LogP contribution in [0.2, 0.25) is 0 Å². The van der Waals surface area contributed by atoms with Gasteiger partial charge in [0.25, 0.3) is 0 Å². The number of methoxy groups -OCH3 is 1. The molecule has 156 valence electrons. The lowest BCUT2D eigenvalue weighted by molar-refractivity contribution is 0.0697. The molecule has 0 unspecified atom stereocenters. The first-order valence-electron chi connectivity index (χ1n) is 9.92. The van der Waals surface area contributed by atoms with E-state index in [4.69, 9.17) is 9.15 Å². The fourth-order valence-corrected chi connectivity index (χ4v) is 3.50. The predicted octanol–water partition coefficient (Wildman–Crippen LogP) is 5.96. The number of ether oxygens (including phenoxy) is 1. The number of aromatic carboxylic acids is 1. The van der Waals surface area contributed by atoms with Crippen LogP contribution >= 0.6 is 0 Å². The molecule has 0 spiro atoms. The van der Waals surface area contributed by atoms with Crippen LogP contribution in [0.15, 0.2) is 89.3 Å². The monoisotopic (exact) mass is 413 g/mol. The van der Waals surface area contributed by atoms with Crippen molar-refractivity contribution in [1.29, 1.82) is 0 Å². The number of furan rings is 1. The molecule has 1 heterocycles. The number of para-hydroxylation sites is 1. The van der Waals surface area contributed by atoms with E-state index in [2.05, 4.69) is 17.0 Å². The normalized spacial score (nSPS) is 10.6. The van der Waals surface area contributed by atoms with Crippen molar-refractivity contribution in [3.05, 3.63) is 96.1 Å². The Morgan fingerprint density at radius 1 is 0.935 bits per heavy atom. The number of rotatable bonds is 7. The highest BCUT2D eigenvalue weighted by atomic mass is 16.5. The molecule has 0 radical (unpaired) electrons. The number of anilines is 1. The molecule has 3 aromatic carbocycles. The van der Waals surface area contributed by atoms with Gasteiger partial charge < -0.3 is 19.2 Å². The molecule has 0 fully saturated rings. The molecule has 0 aliphatic heterocycles. The number of carbonyl (C=O) groups is 1. The van der Waals surface area contributed by atoms with Crippen molar-refractivity contribution < 1.29 is 19.1 Å². The molecule has 1 N–H and O–H groups in total. The molecule has 0 atom stereocenters. The summed E-state index contributed by atoms with van der Waals surface area (Å²) in [6.07, 6.45) is 0. The van der Waals surface area contributed by atoms with Crippen LogP contribution < -0.4 is 9.64 Å². The van der Waals surface area contributed by atoms with E-state index in [1.165, 1.54) is 0 Å². The van der Waals surface area contributed by atoms with Crippen molar-refractivity contribution in [3.8, 4) is 28.4 Å². The van der Waals surface area contributed by atoms with Crippen molar-refractivity contribution in [2.45, 2.75) is 6.54 Å². The van der Waals surface area contributed by atoms with Gasteiger partial charge in [0.1, 0.15) is 17.3 Å². The van der Waals surface area contributed by atoms with Crippen LogP contribution in [0.4, 0.5) is 5.69 Å². The molecule has 0 aliphatic rings. The molecule has 5 heteroatoms. The molecule has 0 aliphatic carbocycles. The van der Waals surface area contributed by atoms with E-state index in [-0.39, 0.29) is 5.56 Å². The molecular weight excluding hydrogens is 390 g/mol. The minimum atomic E-state index is -0.952. The molecule has 4 aromatic rings. The van der Waals surface area contributed by atoms with E-state index in [0.717, 1.165) is 39.6 Å². The first-order valence-corrected chi connectivity index (χ1v) is 9.92. The largest absolute Gasteiger partial charge is 0.497 e. The highest BCUT2D eigenvalue weighted by Crippen LogP contribution is 2.35. The summed E-state index contributed by atoms with van der Waals surface area (Å²) in [5.74, 6) is 1.25. The van der Waals surface area contributed by atoms with Crippen LogP contribution in [0.1, 0.15) is 15.9 Å². The maximum absolute atomic E-state index is 11.2. The Balaban J connectivity index is 1.75. The second kappa shape index (κ2) is 8.79. The number of nitrogens with zero attached hydrogens (tertiary/aromatic N) is 1. The number of benzene rings is 3. The molecule has 1 aromatic heterocycles. The van der Waals surface area contributed by atoms with E-state index in [0.29, 0.717) is 6.54 Å². The molecule has 0 saturated carbocycles. The topological polar surface area (TPSA) is 62.9 Å². The Kier molecular flexibility index (Phi) is 5.76. The highest BCUT2D eigenvalue weighted by molar-refractivity contribution is 5.88. The van der Waals surface area contributed by atoms with Gasteiger partial charge in [0, 0.05) is 36.0 Å². The van der Waals surface area contributed by atoms with Gasteiger partial charge in [-0.1, -0.05) is 42.5 Å². The lowest BCUT2D eigenvalue weighted by atomic mass is 10.1. The van der Waals surface area contributed by atoms with Crippen molar-refractivity contribution in [1.82, 2.24) is 0 Å². The maximum atomic E-state index is 11.2. The summed E-state index contributed by atoms with van der Waals surface area (Å²) in [5.41, 5.74) is 4.09. The Labute approximate surface area is 181 Å². The molecule has 0 amide bonds. The zero-order chi connectivity index (χ0) is 21.8. The van der Waals surface area contributed by atoms with Crippen LogP contribution in [-0.4, -0.2) is 25.2 Å². The van der Waals surface area contributed by atoms with Gasteiger partial charge in [-0.3, -0.25) is 0 Å². The summed E-state index contributed by atoms with van der Waals surface area (Å²) in [5, 5.41) is 9.21. The van der Waals surface area contributed by atoms with Gasteiger partial charge in [0.15, 0.2) is 0 Å². The minimum absolute atomic E-state index is 0.242. The Bertz CT molecular complexity index is 1180. The molecule has 4 rings (SSSR count). The van der Waals surface area contributed by atoms with E-state index in [9.17, 15) is 9.90 Å². The first-order chi connectivity index (χ1) is 15.0. The third-order valence-corrected chi connectivity index (χ3v) is 5.16. The lowest BCUT2D eigenvalue weighted by Crippen LogP contribution is -2.16. The van der Waals surface area contributed by atoms with Gasteiger partial charge >= 0.3 is 5.97 Å². The van der Waals surface area contributed by atoms with Crippen molar-refractivity contribution in [2.75, 3.05) is 19.1 Å². The van der Waals surface area contributed by atoms with Crippen LogP contribution in [0, 0.1) is 0 Å². The molecule has 31 heavy (non-hydrogen) atoms.